The molecule has 0 spiro atoms. The van der Waals surface area contributed by atoms with Crippen molar-refractivity contribution in [2.45, 2.75) is 0 Å². The molecule has 0 nitrogen and oxygen atoms in total. The molecule has 0 aromatic carbocycles. The Kier molecular flexibility index (Phi) is 8870. The van der Waals surface area contributed by atoms with Crippen molar-refractivity contribution in [2.75, 3.05) is 0 Å². The van der Waals surface area contributed by atoms with Gasteiger partial charge in [-0.2, -0.15) is 0 Å². The molecular weight excluding hydrogens is 213 g/mol. The van der Waals surface area contributed by atoms with E-state index in [-0.39, 0.29) is 327 Å². The van der Waals surface area contributed by atoms with Crippen LogP contribution in [-0.2, 0) is 0 Å². The molecule has 0 N–H and O–H groups in total. The minimum absolute atomic E-state index is 0. The molecule has 0 atom stereocenters. The third-order valence-corrected chi connectivity index (χ3v) is 0. The van der Waals surface area contributed by atoms with E-state index in [0.29, 0.717) is 0 Å². The molecule has 24 heteroatoms. The summed E-state index contributed by atoms with van der Waals surface area (Å²) in [7, 11) is 0. The maximum absolute atomic E-state index is 0. The Morgan fingerprint density at radius 1 is 0.0833 bits per heavy atom. The first-order valence-corrected chi connectivity index (χ1v) is 0. The van der Waals surface area contributed by atoms with Crippen LogP contribution >= 0.6 is 0 Å². The second kappa shape index (κ2) is 439. The molecule has 48 radical (unpaired) electrons. The van der Waals surface area contributed by atoms with Crippen molar-refractivity contribution >= 4 is 101 Å². The second-order valence-corrected chi connectivity index (χ2v) is 0. The maximum Gasteiger partial charge on any atom is 1.00 e. The van der Waals surface area contributed by atoms with Crippen molar-refractivity contribution in [1.29, 1.82) is 0 Å². The first kappa shape index (κ1) is 484. The van der Waals surface area contributed by atoms with Gasteiger partial charge in [-0.15, -0.1) is 0 Å². The van der Waals surface area contributed by atoms with E-state index in [4.69, 9.17) is 0 Å². The minimum Gasteiger partial charge on any atom is -1.00 e. The van der Waals surface area contributed by atoms with E-state index in [1.807, 2.05) is 0 Å². The summed E-state index contributed by atoms with van der Waals surface area (Å²) >= 11 is 0. The van der Waals surface area contributed by atoms with Crippen LogP contribution in [0.4, 0.5) is 0 Å². The zero-order valence-electron chi connectivity index (χ0n) is 18.9. The van der Waals surface area contributed by atoms with Crippen LogP contribution < -0.4 is 226 Å². The Morgan fingerprint density at radius 3 is 0.0833 bits per heavy atom. The van der Waals surface area contributed by atoms with Gasteiger partial charge in [0.25, 0.3) is 0 Å². The monoisotopic (exact) mass is 216 g/mol. The van der Waals surface area contributed by atoms with E-state index in [1.165, 1.54) is 0 Å². The Hall–Kier alpha value is 7.95. The Bertz CT molecular complexity index is 24.0. The maximum atomic E-state index is 0. The molecule has 24 heavy (non-hydrogen) atoms. The van der Waals surface area contributed by atoms with Gasteiger partial charge < -0.3 is 101 Å². The molecule has 48 valence electrons. The van der Waals surface area contributed by atoms with Crippen molar-refractivity contribution in [1.82, 2.24) is 0 Å². The van der Waals surface area contributed by atoms with Gasteiger partial charge in [0.15, 0.2) is 0 Å². The van der Waals surface area contributed by atoms with Gasteiger partial charge in [-0.3, -0.25) is 0 Å². The van der Waals surface area contributed by atoms with Crippen LogP contribution in [0, 0.1) is 0 Å². The molecular formula is B12Li12. The van der Waals surface area contributed by atoms with E-state index >= 15 is 0 Å². The number of hydrogen-bond donors (Lipinski definition) is 0. The van der Waals surface area contributed by atoms with Crippen LogP contribution in [0.15, 0.2) is 0 Å². The standard InChI is InChI=1S/12B.12Li/q12*-1;12*+1. The van der Waals surface area contributed by atoms with Crippen LogP contribution in [-0.4, -0.2) is 101 Å². The Morgan fingerprint density at radius 2 is 0.0833 bits per heavy atom. The molecule has 0 heterocycles. The van der Waals surface area contributed by atoms with Gasteiger partial charge in [0, 0.05) is 0 Å². The van der Waals surface area contributed by atoms with Crippen LogP contribution in [0.25, 0.3) is 0 Å². The Balaban J connectivity index is 0. The molecule has 0 unspecified atom stereocenters. The van der Waals surface area contributed by atoms with Gasteiger partial charge in [-0.05, 0) is 0 Å². The molecule has 0 saturated heterocycles. The second-order valence-electron chi connectivity index (χ2n) is 0. The zero-order chi connectivity index (χ0) is 0. The Labute approximate surface area is 321 Å². The first-order valence-electron chi connectivity index (χ1n) is 0. The first-order chi connectivity index (χ1) is 0. The molecule has 0 aromatic heterocycles. The summed E-state index contributed by atoms with van der Waals surface area (Å²) in [5.74, 6) is 0. The predicted octanol–water partition coefficient (Wildman–Crippen LogP) is -40.5. The molecule has 0 aliphatic rings. The SMILES string of the molecule is [B-].[B-].[B-].[B-].[B-].[B-].[B-].[B-].[B-].[B-].[B-].[B-].[Li+].[Li+].[Li+].[Li+].[Li+].[Li+].[Li+].[Li+].[Li+].[Li+].[Li+].[Li+]. The van der Waals surface area contributed by atoms with E-state index in [0.717, 1.165) is 0 Å². The fourth-order valence-corrected chi connectivity index (χ4v) is 0. The van der Waals surface area contributed by atoms with Crippen molar-refractivity contribution < 1.29 is 226 Å². The molecule has 0 bridgehead atoms. The molecule has 0 aromatic rings. The molecule has 0 aliphatic heterocycles. The topological polar surface area (TPSA) is 0 Å². The van der Waals surface area contributed by atoms with Crippen LogP contribution in [0.5, 0.6) is 0 Å². The largest absolute Gasteiger partial charge is 1.00 e. The summed E-state index contributed by atoms with van der Waals surface area (Å²) in [6.07, 6.45) is 0. The average molecular weight is 213 g/mol. The van der Waals surface area contributed by atoms with Crippen molar-refractivity contribution in [3.8, 4) is 0 Å². The summed E-state index contributed by atoms with van der Waals surface area (Å²) in [5.41, 5.74) is 0. The normalized spacial score (nSPS) is 0. The summed E-state index contributed by atoms with van der Waals surface area (Å²) < 4.78 is 0. The molecule has 0 saturated carbocycles. The van der Waals surface area contributed by atoms with Crippen molar-refractivity contribution in [2.24, 2.45) is 0 Å². The summed E-state index contributed by atoms with van der Waals surface area (Å²) in [5, 5.41) is 0. The molecule has 0 fully saturated rings. The van der Waals surface area contributed by atoms with E-state index in [9.17, 15) is 0 Å². The van der Waals surface area contributed by atoms with Crippen molar-refractivity contribution in [3.05, 3.63) is 0 Å². The van der Waals surface area contributed by atoms with Gasteiger partial charge in [0.1, 0.15) is 0 Å². The van der Waals surface area contributed by atoms with Gasteiger partial charge >= 0.3 is 226 Å². The molecule has 0 aliphatic carbocycles. The third-order valence-electron chi connectivity index (χ3n) is 0. The molecule has 0 rings (SSSR count). The number of hydrogen-bond acceptors (Lipinski definition) is 0. The zero-order valence-corrected chi connectivity index (χ0v) is 18.9. The van der Waals surface area contributed by atoms with Crippen molar-refractivity contribution in [3.63, 3.8) is 0 Å². The quantitative estimate of drug-likeness (QED) is 0.350. The van der Waals surface area contributed by atoms with Crippen LogP contribution in [0.2, 0.25) is 0 Å². The summed E-state index contributed by atoms with van der Waals surface area (Å²) in [6.45, 7) is 0. The fraction of sp³-hybridized carbons (Fsp3) is 0. The van der Waals surface area contributed by atoms with E-state index < -0.39 is 0 Å². The van der Waals surface area contributed by atoms with E-state index in [1.54, 1.807) is 0 Å². The average Bonchev–Trinajstić information content (AvgIpc) is 0. The summed E-state index contributed by atoms with van der Waals surface area (Å²) in [4.78, 5) is 0. The minimum atomic E-state index is 0. The summed E-state index contributed by atoms with van der Waals surface area (Å²) in [6, 6.07) is 0. The smallest absolute Gasteiger partial charge is 1.00 e. The third kappa shape index (κ3) is 397. The van der Waals surface area contributed by atoms with Crippen LogP contribution in [0.1, 0.15) is 0 Å². The van der Waals surface area contributed by atoms with Gasteiger partial charge in [0.05, 0.1) is 0 Å². The predicted molar refractivity (Wildman–Crippen MR) is 69.0 cm³/mol. The number of rotatable bonds is 0. The van der Waals surface area contributed by atoms with Gasteiger partial charge in [-0.1, -0.05) is 0 Å². The van der Waals surface area contributed by atoms with E-state index in [2.05, 4.69) is 0 Å². The fourth-order valence-electron chi connectivity index (χ4n) is 0. The van der Waals surface area contributed by atoms with Gasteiger partial charge in [-0.25, -0.2) is 0 Å². The molecule has 0 amide bonds. The van der Waals surface area contributed by atoms with Gasteiger partial charge in [0.2, 0.25) is 0 Å². The van der Waals surface area contributed by atoms with Crippen LogP contribution in [0.3, 0.4) is 0 Å².